The van der Waals surface area contributed by atoms with E-state index in [-0.39, 0.29) is 5.91 Å². The lowest BCUT2D eigenvalue weighted by atomic mass is 10.2. The summed E-state index contributed by atoms with van der Waals surface area (Å²) in [6.07, 6.45) is 0. The highest BCUT2D eigenvalue weighted by Gasteiger charge is 2.03. The Morgan fingerprint density at radius 2 is 1.92 bits per heavy atom. The Labute approximate surface area is 165 Å². The third-order valence-electron chi connectivity index (χ3n) is 3.17. The molecule has 1 amide bonds. The van der Waals surface area contributed by atoms with Crippen LogP contribution in [-0.4, -0.2) is 24.0 Å². The van der Waals surface area contributed by atoms with Crippen molar-refractivity contribution in [3.8, 4) is 0 Å². The fraction of sp³-hybridized carbons (Fsp3) is 0.278. The Morgan fingerprint density at radius 1 is 1.08 bits per heavy atom. The summed E-state index contributed by atoms with van der Waals surface area (Å²) in [7, 11) is 0. The second kappa shape index (κ2) is 11.1. The number of halogens is 2. The van der Waals surface area contributed by atoms with Crippen LogP contribution in [0.2, 0.25) is 5.02 Å². The normalized spacial score (nSPS) is 10.6. The van der Waals surface area contributed by atoms with Crippen LogP contribution in [0.25, 0.3) is 0 Å². The van der Waals surface area contributed by atoms with Crippen molar-refractivity contribution >= 4 is 57.0 Å². The maximum absolute atomic E-state index is 11.8. The van der Waals surface area contributed by atoms with E-state index in [0.29, 0.717) is 12.3 Å². The number of carbonyl (C=O) groups excluding carboxylic acids is 1. The first kappa shape index (κ1) is 19.7. The van der Waals surface area contributed by atoms with Crippen molar-refractivity contribution in [1.82, 2.24) is 5.32 Å². The molecule has 0 spiro atoms. The summed E-state index contributed by atoms with van der Waals surface area (Å²) in [6, 6.07) is 16.0. The smallest absolute Gasteiger partial charge is 0.230 e. The topological polar surface area (TPSA) is 29.1 Å². The maximum atomic E-state index is 11.8. The average Bonchev–Trinajstić information content (AvgIpc) is 2.56. The number of hydrogen-bond acceptors (Lipinski definition) is 3. The standard InChI is InChI=1S/C18H19BrClNOS2/c19-17-7-2-1-5-15(17)12-24-13-18(22)21-8-9-23-11-14-4-3-6-16(20)10-14/h1-7,10H,8-9,11-13H2,(H,21,22). The lowest BCUT2D eigenvalue weighted by molar-refractivity contribution is -0.118. The molecule has 2 aromatic rings. The molecule has 1 N–H and O–H groups in total. The van der Waals surface area contributed by atoms with Gasteiger partial charge < -0.3 is 5.32 Å². The van der Waals surface area contributed by atoms with Gasteiger partial charge in [-0.1, -0.05) is 57.9 Å². The molecule has 0 aliphatic carbocycles. The highest BCUT2D eigenvalue weighted by Crippen LogP contribution is 2.21. The van der Waals surface area contributed by atoms with Gasteiger partial charge in [-0.2, -0.15) is 11.8 Å². The van der Waals surface area contributed by atoms with E-state index in [0.717, 1.165) is 26.8 Å². The number of rotatable bonds is 9. The van der Waals surface area contributed by atoms with Crippen molar-refractivity contribution in [2.24, 2.45) is 0 Å². The van der Waals surface area contributed by atoms with Gasteiger partial charge in [0, 0.05) is 33.3 Å². The van der Waals surface area contributed by atoms with Crippen LogP contribution in [0.5, 0.6) is 0 Å². The Hall–Kier alpha value is -0.620. The molecule has 0 aliphatic rings. The lowest BCUT2D eigenvalue weighted by Gasteiger charge is -2.06. The van der Waals surface area contributed by atoms with Gasteiger partial charge in [-0.25, -0.2) is 0 Å². The quantitative estimate of drug-likeness (QED) is 0.526. The van der Waals surface area contributed by atoms with Crippen molar-refractivity contribution in [1.29, 1.82) is 0 Å². The van der Waals surface area contributed by atoms with Crippen molar-refractivity contribution in [3.63, 3.8) is 0 Å². The first-order chi connectivity index (χ1) is 11.6. The summed E-state index contributed by atoms with van der Waals surface area (Å²) in [5, 5.41) is 3.73. The van der Waals surface area contributed by atoms with Crippen LogP contribution in [0.1, 0.15) is 11.1 Å². The van der Waals surface area contributed by atoms with Crippen LogP contribution >= 0.6 is 51.1 Å². The van der Waals surface area contributed by atoms with Gasteiger partial charge in [0.1, 0.15) is 0 Å². The second-order valence-electron chi connectivity index (χ2n) is 5.12. The number of nitrogens with one attached hydrogen (secondary N) is 1. The summed E-state index contributed by atoms with van der Waals surface area (Å²) in [4.78, 5) is 11.8. The number of hydrogen-bond donors (Lipinski definition) is 1. The van der Waals surface area contributed by atoms with Crippen molar-refractivity contribution in [2.75, 3.05) is 18.1 Å². The Kier molecular flexibility index (Phi) is 9.10. The molecule has 0 saturated heterocycles. The molecule has 0 fully saturated rings. The zero-order valence-corrected chi connectivity index (χ0v) is 17.1. The number of amides is 1. The maximum Gasteiger partial charge on any atom is 0.230 e. The van der Waals surface area contributed by atoms with Crippen LogP contribution < -0.4 is 5.32 Å². The van der Waals surface area contributed by atoms with Gasteiger partial charge in [-0.15, -0.1) is 11.8 Å². The van der Waals surface area contributed by atoms with Crippen molar-refractivity contribution < 1.29 is 4.79 Å². The largest absolute Gasteiger partial charge is 0.355 e. The summed E-state index contributed by atoms with van der Waals surface area (Å²) >= 11 is 12.9. The minimum atomic E-state index is 0.0930. The molecule has 2 nitrogen and oxygen atoms in total. The molecule has 2 aromatic carbocycles. The molecular weight excluding hydrogens is 426 g/mol. The van der Waals surface area contributed by atoms with E-state index in [1.807, 2.05) is 36.4 Å². The summed E-state index contributed by atoms with van der Waals surface area (Å²) in [5.74, 6) is 3.22. The minimum absolute atomic E-state index is 0.0930. The Balaban J connectivity index is 1.54. The first-order valence-corrected chi connectivity index (χ1v) is 11.0. The SMILES string of the molecule is O=C(CSCc1ccccc1Br)NCCSCc1cccc(Cl)c1. The van der Waals surface area contributed by atoms with E-state index in [9.17, 15) is 4.79 Å². The minimum Gasteiger partial charge on any atom is -0.355 e. The molecule has 0 aliphatic heterocycles. The van der Waals surface area contributed by atoms with E-state index >= 15 is 0 Å². The fourth-order valence-electron chi connectivity index (χ4n) is 2.00. The monoisotopic (exact) mass is 443 g/mol. The van der Waals surface area contributed by atoms with Crippen molar-refractivity contribution in [2.45, 2.75) is 11.5 Å². The third-order valence-corrected chi connectivity index (χ3v) is 6.20. The number of carbonyl (C=O) groups is 1. The third kappa shape index (κ3) is 7.51. The molecule has 0 unspecified atom stereocenters. The number of thioether (sulfide) groups is 2. The summed E-state index contributed by atoms with van der Waals surface area (Å²) < 4.78 is 1.09. The number of benzene rings is 2. The molecule has 0 heterocycles. The molecule has 0 aromatic heterocycles. The lowest BCUT2D eigenvalue weighted by Crippen LogP contribution is -2.27. The highest BCUT2D eigenvalue weighted by molar-refractivity contribution is 9.10. The van der Waals surface area contributed by atoms with Crippen LogP contribution in [-0.2, 0) is 16.3 Å². The Bertz CT molecular complexity index is 669. The van der Waals surface area contributed by atoms with Gasteiger partial charge >= 0.3 is 0 Å². The fourth-order valence-corrected chi connectivity index (χ4v) is 4.49. The molecule has 0 radical (unpaired) electrons. The molecule has 0 saturated carbocycles. The van der Waals surface area contributed by atoms with Gasteiger partial charge in [0.15, 0.2) is 0 Å². The van der Waals surface area contributed by atoms with E-state index in [1.54, 1.807) is 23.5 Å². The van der Waals surface area contributed by atoms with E-state index in [2.05, 4.69) is 33.4 Å². The second-order valence-corrected chi connectivity index (χ2v) is 8.50. The molecule has 24 heavy (non-hydrogen) atoms. The van der Waals surface area contributed by atoms with Gasteiger partial charge in [0.05, 0.1) is 5.75 Å². The van der Waals surface area contributed by atoms with Crippen LogP contribution in [0.3, 0.4) is 0 Å². The Morgan fingerprint density at radius 3 is 2.71 bits per heavy atom. The van der Waals surface area contributed by atoms with Crippen LogP contribution in [0.15, 0.2) is 53.0 Å². The molecule has 0 atom stereocenters. The predicted octanol–water partition coefficient (Wildman–Crippen LogP) is 5.39. The summed E-state index contributed by atoms with van der Waals surface area (Å²) in [5.41, 5.74) is 2.43. The predicted molar refractivity (Wildman–Crippen MR) is 111 cm³/mol. The molecular formula is C18H19BrClNOS2. The van der Waals surface area contributed by atoms with Crippen molar-refractivity contribution in [3.05, 3.63) is 69.2 Å². The van der Waals surface area contributed by atoms with Crippen LogP contribution in [0.4, 0.5) is 0 Å². The van der Waals surface area contributed by atoms with Gasteiger partial charge in [0.25, 0.3) is 0 Å². The zero-order chi connectivity index (χ0) is 17.2. The van der Waals surface area contributed by atoms with Gasteiger partial charge in [0.2, 0.25) is 5.91 Å². The molecule has 128 valence electrons. The van der Waals surface area contributed by atoms with Gasteiger partial charge in [-0.3, -0.25) is 4.79 Å². The molecule has 6 heteroatoms. The van der Waals surface area contributed by atoms with E-state index in [4.69, 9.17) is 11.6 Å². The van der Waals surface area contributed by atoms with E-state index < -0.39 is 0 Å². The zero-order valence-electron chi connectivity index (χ0n) is 13.1. The average molecular weight is 445 g/mol. The molecule has 0 bridgehead atoms. The van der Waals surface area contributed by atoms with Gasteiger partial charge in [-0.05, 0) is 29.3 Å². The molecule has 2 rings (SSSR count). The van der Waals surface area contributed by atoms with E-state index in [1.165, 1.54) is 11.1 Å². The first-order valence-electron chi connectivity index (χ1n) is 7.55. The highest BCUT2D eigenvalue weighted by atomic mass is 79.9. The van der Waals surface area contributed by atoms with Crippen LogP contribution in [0, 0.1) is 0 Å². The summed E-state index contributed by atoms with van der Waals surface area (Å²) in [6.45, 7) is 0.694.